The number of aliphatic hydroxyl groups excluding tert-OH is 1. The van der Waals surface area contributed by atoms with Crippen molar-refractivity contribution < 1.29 is 24.2 Å². The zero-order chi connectivity index (χ0) is 51.7. The normalized spacial score (nSPS) is 11.5. The number of methoxy groups -OCH3 is 2. The fraction of sp³-hybridized carbons (Fsp3) is 0.290. The Morgan fingerprint density at radius 1 is 0.528 bits per heavy atom. The van der Waals surface area contributed by atoms with Gasteiger partial charge in [0.05, 0.1) is 27.3 Å². The quantitative estimate of drug-likeness (QED) is 0.116. The molecule has 0 atom stereocenters. The van der Waals surface area contributed by atoms with Gasteiger partial charge in [0.15, 0.2) is 0 Å². The number of amides is 2. The van der Waals surface area contributed by atoms with Crippen LogP contribution in [0.15, 0.2) is 150 Å². The van der Waals surface area contributed by atoms with E-state index in [4.69, 9.17) is 9.47 Å². The Balaban J connectivity index is 0.000000212. The highest BCUT2D eigenvalue weighted by Crippen LogP contribution is 2.34. The molecule has 372 valence electrons. The van der Waals surface area contributed by atoms with E-state index in [0.717, 1.165) is 87.6 Å². The van der Waals surface area contributed by atoms with E-state index >= 15 is 0 Å². The van der Waals surface area contributed by atoms with Crippen LogP contribution in [-0.4, -0.2) is 47.7 Å². The van der Waals surface area contributed by atoms with Gasteiger partial charge in [-0.15, -0.1) is 0 Å². The zero-order valence-electron chi connectivity index (χ0n) is 43.3. The minimum atomic E-state index is -0.149. The van der Waals surface area contributed by atoms with E-state index in [-0.39, 0.29) is 29.3 Å². The van der Waals surface area contributed by atoms with Crippen LogP contribution in [0.2, 0.25) is 0 Å². The highest BCUT2D eigenvalue weighted by molar-refractivity contribution is 9.10. The predicted molar refractivity (Wildman–Crippen MR) is 299 cm³/mol. The second kappa shape index (κ2) is 23.1. The zero-order valence-corrected chi connectivity index (χ0v) is 44.9. The number of fused-ring (bicyclic) bond motifs is 2. The molecule has 0 aliphatic rings. The number of rotatable bonds is 14. The van der Waals surface area contributed by atoms with Crippen molar-refractivity contribution in [1.82, 2.24) is 9.97 Å². The molecule has 2 heterocycles. The lowest BCUT2D eigenvalue weighted by Crippen LogP contribution is -2.34. The van der Waals surface area contributed by atoms with Gasteiger partial charge in [-0.25, -0.2) is 9.97 Å². The number of aryl methyl sites for hydroxylation is 2. The number of hydrogen-bond donors (Lipinski definition) is 1. The van der Waals surface area contributed by atoms with Gasteiger partial charge in [-0.1, -0.05) is 136 Å². The summed E-state index contributed by atoms with van der Waals surface area (Å²) < 4.78 is 11.8. The van der Waals surface area contributed by atoms with Crippen LogP contribution in [0.25, 0.3) is 43.8 Å². The summed E-state index contributed by atoms with van der Waals surface area (Å²) in [5.74, 6) is 3.22. The summed E-state index contributed by atoms with van der Waals surface area (Å²) in [7, 11) is 3.37. The minimum absolute atomic E-state index is 0.0433. The molecule has 0 saturated heterocycles. The average molecular weight is 1030 g/mol. The van der Waals surface area contributed by atoms with Crippen molar-refractivity contribution in [3.05, 3.63) is 178 Å². The number of carbonyl (C=O) groups is 2. The highest BCUT2D eigenvalue weighted by Gasteiger charge is 2.27. The van der Waals surface area contributed by atoms with Crippen molar-refractivity contribution in [1.29, 1.82) is 0 Å². The number of benzene rings is 6. The van der Waals surface area contributed by atoms with Gasteiger partial charge in [-0.2, -0.15) is 0 Å². The number of hydrogen-bond acceptors (Lipinski definition) is 7. The Kier molecular flexibility index (Phi) is 17.0. The molecule has 0 bridgehead atoms. The molecule has 0 unspecified atom stereocenters. The van der Waals surface area contributed by atoms with Crippen LogP contribution >= 0.6 is 15.9 Å². The van der Waals surface area contributed by atoms with Crippen LogP contribution in [0.3, 0.4) is 0 Å². The SMILES string of the molecule is COc1ccc(-c2ccc(CN(C(=O)CC(C)(C)C)c3nccc4cc(Br)ccc34)cc2)cc1C.COc1ccc(-c2ccc(CN(C(=O)CC(C)(C)C)c3nccc4cc(CCO)ccc34)cc2)cc1C. The summed E-state index contributed by atoms with van der Waals surface area (Å²) in [4.78, 5) is 40.1. The highest BCUT2D eigenvalue weighted by atomic mass is 79.9. The molecule has 10 heteroatoms. The molecule has 0 radical (unpaired) electrons. The lowest BCUT2D eigenvalue weighted by molar-refractivity contribution is -0.121. The summed E-state index contributed by atoms with van der Waals surface area (Å²) in [6.45, 7) is 17.6. The van der Waals surface area contributed by atoms with Crippen LogP contribution in [0, 0.1) is 24.7 Å². The monoisotopic (exact) mass is 1030 g/mol. The van der Waals surface area contributed by atoms with E-state index in [1.54, 1.807) is 26.6 Å². The van der Waals surface area contributed by atoms with Crippen molar-refractivity contribution in [3.8, 4) is 33.8 Å². The van der Waals surface area contributed by atoms with Gasteiger partial charge in [0, 0.05) is 47.1 Å². The Hall–Kier alpha value is -6.88. The molecule has 0 fully saturated rings. The third-order valence-electron chi connectivity index (χ3n) is 12.4. The molecule has 2 aromatic heterocycles. The minimum Gasteiger partial charge on any atom is -0.496 e. The van der Waals surface area contributed by atoms with Gasteiger partial charge in [-0.05, 0) is 147 Å². The number of nitrogens with zero attached hydrogens (tertiary/aromatic N) is 4. The maximum Gasteiger partial charge on any atom is 0.229 e. The Morgan fingerprint density at radius 2 is 0.931 bits per heavy atom. The van der Waals surface area contributed by atoms with Crippen LogP contribution < -0.4 is 19.3 Å². The second-order valence-electron chi connectivity index (χ2n) is 20.9. The average Bonchev–Trinajstić information content (AvgIpc) is 3.34. The number of ether oxygens (including phenoxy) is 2. The van der Waals surface area contributed by atoms with Crippen molar-refractivity contribution >= 4 is 60.9 Å². The largest absolute Gasteiger partial charge is 0.496 e. The van der Waals surface area contributed by atoms with Gasteiger partial charge >= 0.3 is 0 Å². The molecule has 72 heavy (non-hydrogen) atoms. The molecule has 2 amide bonds. The first-order chi connectivity index (χ1) is 34.3. The van der Waals surface area contributed by atoms with Crippen molar-refractivity contribution in [2.75, 3.05) is 30.6 Å². The fourth-order valence-corrected chi connectivity index (χ4v) is 9.18. The lowest BCUT2D eigenvalue weighted by atomic mass is 9.91. The molecule has 9 nitrogen and oxygen atoms in total. The number of carbonyl (C=O) groups excluding carboxylic acids is 2. The molecular formula is C62H67BrN4O5. The molecule has 0 aliphatic carbocycles. The second-order valence-corrected chi connectivity index (χ2v) is 21.8. The standard InChI is InChI=1S/C32H36N2O3.C30H31BrN2O2/c1-22-18-26(11-13-29(22)37-5)25-9-6-24(7-10-25)21-34(30(36)20-32(2,3)4)31-28-12-8-23(15-17-35)19-27(28)14-16-33-31;1-20-16-23(10-13-27(20)35-5)22-8-6-21(7-9-22)19-33(28(34)18-30(2,3)4)29-26-12-11-25(31)17-24(26)14-15-32-29/h6-14,16,18-19,35H,15,17,20-21H2,1-5H3;6-17H,18-19H2,1-5H3. The van der Waals surface area contributed by atoms with E-state index in [0.29, 0.717) is 44.0 Å². The smallest absolute Gasteiger partial charge is 0.229 e. The number of aliphatic hydroxyl groups is 1. The summed E-state index contributed by atoms with van der Waals surface area (Å²) in [6, 6.07) is 45.2. The predicted octanol–water partition coefficient (Wildman–Crippen LogP) is 14.7. The summed E-state index contributed by atoms with van der Waals surface area (Å²) in [6.07, 6.45) is 4.98. The molecule has 8 rings (SSSR count). The fourth-order valence-electron chi connectivity index (χ4n) is 8.81. The van der Waals surface area contributed by atoms with Gasteiger partial charge < -0.3 is 14.6 Å². The first-order valence-electron chi connectivity index (χ1n) is 24.4. The topological polar surface area (TPSA) is 105 Å². The van der Waals surface area contributed by atoms with Gasteiger partial charge in [0.2, 0.25) is 11.8 Å². The molecule has 0 aliphatic heterocycles. The van der Waals surface area contributed by atoms with E-state index in [1.165, 1.54) is 0 Å². The number of aromatic nitrogens is 2. The van der Waals surface area contributed by atoms with E-state index in [9.17, 15) is 14.7 Å². The van der Waals surface area contributed by atoms with Crippen LogP contribution in [0.1, 0.15) is 82.2 Å². The third kappa shape index (κ3) is 13.5. The summed E-state index contributed by atoms with van der Waals surface area (Å²) in [5, 5.41) is 13.3. The van der Waals surface area contributed by atoms with Crippen LogP contribution in [-0.2, 0) is 29.1 Å². The maximum atomic E-state index is 13.6. The maximum absolute atomic E-state index is 13.6. The van der Waals surface area contributed by atoms with Gasteiger partial charge in [-0.3, -0.25) is 19.4 Å². The van der Waals surface area contributed by atoms with Crippen molar-refractivity contribution in [3.63, 3.8) is 0 Å². The molecule has 8 aromatic rings. The van der Waals surface area contributed by atoms with E-state index in [2.05, 4.69) is 152 Å². The molecule has 0 saturated carbocycles. The first kappa shape index (κ1) is 52.9. The number of pyridine rings is 2. The molecule has 1 N–H and O–H groups in total. The first-order valence-corrected chi connectivity index (χ1v) is 25.2. The third-order valence-corrected chi connectivity index (χ3v) is 12.9. The van der Waals surface area contributed by atoms with Gasteiger partial charge in [0.25, 0.3) is 0 Å². The van der Waals surface area contributed by atoms with E-state index < -0.39 is 0 Å². The molecule has 6 aromatic carbocycles. The van der Waals surface area contributed by atoms with E-state index in [1.807, 2.05) is 72.2 Å². The van der Waals surface area contributed by atoms with Gasteiger partial charge in [0.1, 0.15) is 23.1 Å². The summed E-state index contributed by atoms with van der Waals surface area (Å²) in [5.41, 5.74) is 9.56. The number of halogens is 1. The van der Waals surface area contributed by atoms with Crippen LogP contribution in [0.5, 0.6) is 11.5 Å². The lowest BCUT2D eigenvalue weighted by Gasteiger charge is -2.27. The Labute approximate surface area is 434 Å². The van der Waals surface area contributed by atoms with Crippen LogP contribution in [0.4, 0.5) is 11.6 Å². The molecule has 0 spiro atoms. The van der Waals surface area contributed by atoms with Crippen molar-refractivity contribution in [2.45, 2.75) is 87.7 Å². The Morgan fingerprint density at radius 3 is 1.33 bits per heavy atom. The number of anilines is 2. The van der Waals surface area contributed by atoms with Crippen molar-refractivity contribution in [2.24, 2.45) is 10.8 Å². The summed E-state index contributed by atoms with van der Waals surface area (Å²) >= 11 is 3.55. The Bertz CT molecular complexity index is 3170. The molecular weight excluding hydrogens is 961 g/mol.